The largest absolute Gasteiger partial charge is 0.484 e. The van der Waals surface area contributed by atoms with Crippen LogP contribution in [0.25, 0.3) is 0 Å². The Hall–Kier alpha value is -1.99. The smallest absolute Gasteiger partial charge is 0.324 e. The van der Waals surface area contributed by atoms with Crippen molar-refractivity contribution in [3.8, 4) is 5.75 Å². The SMILES string of the molecule is Nc1ccc(OCC(=O)NCC(F)(F)C(F)F)cc1. The van der Waals surface area contributed by atoms with Crippen LogP contribution in [0.15, 0.2) is 24.3 Å². The Kier molecular flexibility index (Phi) is 4.96. The van der Waals surface area contributed by atoms with Crippen molar-refractivity contribution in [1.82, 2.24) is 5.32 Å². The molecule has 1 aromatic carbocycles. The van der Waals surface area contributed by atoms with Gasteiger partial charge >= 0.3 is 12.3 Å². The third-order valence-corrected chi connectivity index (χ3v) is 2.09. The van der Waals surface area contributed by atoms with E-state index in [1.807, 2.05) is 0 Å². The maximum atomic E-state index is 12.5. The Morgan fingerprint density at radius 2 is 1.89 bits per heavy atom. The minimum Gasteiger partial charge on any atom is -0.484 e. The van der Waals surface area contributed by atoms with Crippen LogP contribution in [0.1, 0.15) is 0 Å². The van der Waals surface area contributed by atoms with Crippen LogP contribution in [0.5, 0.6) is 5.75 Å². The number of halogens is 4. The van der Waals surface area contributed by atoms with Crippen molar-refractivity contribution in [1.29, 1.82) is 0 Å². The molecule has 1 rings (SSSR count). The summed E-state index contributed by atoms with van der Waals surface area (Å²) in [5.41, 5.74) is 5.91. The average molecular weight is 280 g/mol. The van der Waals surface area contributed by atoms with Gasteiger partial charge in [0.1, 0.15) is 5.75 Å². The third-order valence-electron chi connectivity index (χ3n) is 2.09. The van der Waals surface area contributed by atoms with Gasteiger partial charge in [-0.25, -0.2) is 8.78 Å². The van der Waals surface area contributed by atoms with E-state index in [1.165, 1.54) is 24.3 Å². The zero-order valence-electron chi connectivity index (χ0n) is 9.71. The van der Waals surface area contributed by atoms with Gasteiger partial charge in [-0.3, -0.25) is 4.79 Å². The zero-order valence-corrected chi connectivity index (χ0v) is 9.71. The summed E-state index contributed by atoms with van der Waals surface area (Å²) < 4.78 is 53.6. The minimum atomic E-state index is -4.25. The fourth-order valence-corrected chi connectivity index (χ4v) is 1.06. The molecule has 8 heteroatoms. The van der Waals surface area contributed by atoms with Gasteiger partial charge in [-0.2, -0.15) is 8.78 Å². The molecule has 0 aliphatic carbocycles. The zero-order chi connectivity index (χ0) is 14.5. The highest BCUT2D eigenvalue weighted by atomic mass is 19.3. The molecule has 0 saturated heterocycles. The molecule has 4 nitrogen and oxygen atoms in total. The molecule has 3 N–H and O–H groups in total. The summed E-state index contributed by atoms with van der Waals surface area (Å²) in [6.45, 7) is -1.99. The van der Waals surface area contributed by atoms with Crippen molar-refractivity contribution in [2.24, 2.45) is 0 Å². The van der Waals surface area contributed by atoms with Crippen molar-refractivity contribution in [2.75, 3.05) is 18.9 Å². The number of anilines is 1. The van der Waals surface area contributed by atoms with E-state index >= 15 is 0 Å². The molecule has 0 heterocycles. The molecule has 0 fully saturated rings. The highest BCUT2D eigenvalue weighted by molar-refractivity contribution is 5.77. The third kappa shape index (κ3) is 5.02. The fourth-order valence-electron chi connectivity index (χ4n) is 1.06. The van der Waals surface area contributed by atoms with Crippen LogP contribution < -0.4 is 15.8 Å². The van der Waals surface area contributed by atoms with E-state index in [0.29, 0.717) is 11.4 Å². The summed E-state index contributed by atoms with van der Waals surface area (Å²) in [7, 11) is 0. The molecule has 1 aromatic rings. The second-order valence-corrected chi connectivity index (χ2v) is 3.70. The van der Waals surface area contributed by atoms with E-state index in [4.69, 9.17) is 10.5 Å². The number of alkyl halides is 4. The highest BCUT2D eigenvalue weighted by Gasteiger charge is 2.40. The number of nitrogens with one attached hydrogen (secondary N) is 1. The first-order valence-corrected chi connectivity index (χ1v) is 5.22. The molecule has 0 aromatic heterocycles. The van der Waals surface area contributed by atoms with Crippen LogP contribution in [-0.2, 0) is 4.79 Å². The number of amides is 1. The van der Waals surface area contributed by atoms with Gasteiger partial charge in [0.05, 0.1) is 6.54 Å². The molecule has 0 atom stereocenters. The quantitative estimate of drug-likeness (QED) is 0.615. The lowest BCUT2D eigenvalue weighted by Gasteiger charge is -2.15. The van der Waals surface area contributed by atoms with E-state index < -0.39 is 31.4 Å². The summed E-state index contributed by atoms with van der Waals surface area (Å²) in [5, 5.41) is 1.67. The fraction of sp³-hybridized carbons (Fsp3) is 0.364. The molecule has 0 saturated carbocycles. The lowest BCUT2D eigenvalue weighted by Crippen LogP contribution is -2.42. The average Bonchev–Trinajstić information content (AvgIpc) is 2.35. The molecule has 19 heavy (non-hydrogen) atoms. The normalized spacial score (nSPS) is 11.4. The van der Waals surface area contributed by atoms with Crippen molar-refractivity contribution >= 4 is 11.6 Å². The number of rotatable bonds is 6. The summed E-state index contributed by atoms with van der Waals surface area (Å²) in [6.07, 6.45) is -3.83. The summed E-state index contributed by atoms with van der Waals surface area (Å²) in [6, 6.07) is 6.02. The second-order valence-electron chi connectivity index (χ2n) is 3.70. The summed E-state index contributed by atoms with van der Waals surface area (Å²) >= 11 is 0. The lowest BCUT2D eigenvalue weighted by molar-refractivity contribution is -0.137. The van der Waals surface area contributed by atoms with Gasteiger partial charge in [0.15, 0.2) is 6.61 Å². The molecule has 0 unspecified atom stereocenters. The molecule has 0 aliphatic rings. The first-order valence-electron chi connectivity index (χ1n) is 5.22. The molecule has 0 spiro atoms. The van der Waals surface area contributed by atoms with Crippen LogP contribution in [0.4, 0.5) is 23.2 Å². The van der Waals surface area contributed by atoms with Crippen LogP contribution in [0.3, 0.4) is 0 Å². The number of hydrogen-bond donors (Lipinski definition) is 2. The number of carbonyl (C=O) groups excluding carboxylic acids is 1. The maximum Gasteiger partial charge on any atom is 0.324 e. The van der Waals surface area contributed by atoms with Crippen LogP contribution in [-0.4, -0.2) is 31.4 Å². The first-order chi connectivity index (χ1) is 8.81. The van der Waals surface area contributed by atoms with Crippen LogP contribution in [0, 0.1) is 0 Å². The van der Waals surface area contributed by atoms with E-state index in [9.17, 15) is 22.4 Å². The van der Waals surface area contributed by atoms with E-state index in [2.05, 4.69) is 0 Å². The summed E-state index contributed by atoms with van der Waals surface area (Å²) in [5.74, 6) is -4.86. The Labute approximate surface area is 106 Å². The Bertz CT molecular complexity index is 423. The number of benzene rings is 1. The van der Waals surface area contributed by atoms with Crippen molar-refractivity contribution in [2.45, 2.75) is 12.3 Å². The lowest BCUT2D eigenvalue weighted by atomic mass is 10.3. The predicted molar refractivity (Wildman–Crippen MR) is 60.3 cm³/mol. The molecular formula is C11H12F4N2O2. The second kappa shape index (κ2) is 6.26. The van der Waals surface area contributed by atoms with Crippen molar-refractivity contribution in [3.05, 3.63) is 24.3 Å². The topological polar surface area (TPSA) is 64.3 Å². The molecule has 0 aliphatic heterocycles. The van der Waals surface area contributed by atoms with Gasteiger partial charge in [-0.15, -0.1) is 0 Å². The van der Waals surface area contributed by atoms with E-state index in [1.54, 1.807) is 5.32 Å². The Morgan fingerprint density at radius 3 is 2.42 bits per heavy atom. The van der Waals surface area contributed by atoms with Gasteiger partial charge in [-0.05, 0) is 24.3 Å². The maximum absolute atomic E-state index is 12.5. The Balaban J connectivity index is 2.34. The van der Waals surface area contributed by atoms with Crippen LogP contribution >= 0.6 is 0 Å². The standard InChI is InChI=1S/C11H12F4N2O2/c12-10(13)11(14,15)6-17-9(18)5-19-8-3-1-7(16)2-4-8/h1-4,10H,5-6,16H2,(H,17,18). The molecule has 106 valence electrons. The number of hydrogen-bond acceptors (Lipinski definition) is 3. The molecule has 1 amide bonds. The van der Waals surface area contributed by atoms with Crippen LogP contribution in [0.2, 0.25) is 0 Å². The monoisotopic (exact) mass is 280 g/mol. The minimum absolute atomic E-state index is 0.310. The predicted octanol–water partition coefficient (Wildman–Crippen LogP) is 1.66. The number of ether oxygens (including phenoxy) is 1. The number of nitrogen functional groups attached to an aromatic ring is 1. The summed E-state index contributed by atoms with van der Waals surface area (Å²) in [4.78, 5) is 11.1. The van der Waals surface area contributed by atoms with Gasteiger partial charge in [0, 0.05) is 5.69 Å². The van der Waals surface area contributed by atoms with Gasteiger partial charge in [0.2, 0.25) is 0 Å². The van der Waals surface area contributed by atoms with E-state index in [0.717, 1.165) is 0 Å². The van der Waals surface area contributed by atoms with Crippen molar-refractivity contribution < 1.29 is 27.1 Å². The first kappa shape index (κ1) is 15.1. The highest BCUT2D eigenvalue weighted by Crippen LogP contribution is 2.21. The molecule has 0 bridgehead atoms. The van der Waals surface area contributed by atoms with Gasteiger partial charge < -0.3 is 15.8 Å². The van der Waals surface area contributed by atoms with E-state index in [-0.39, 0.29) is 0 Å². The van der Waals surface area contributed by atoms with Gasteiger partial charge in [0.25, 0.3) is 5.91 Å². The van der Waals surface area contributed by atoms with Gasteiger partial charge in [-0.1, -0.05) is 0 Å². The number of nitrogens with two attached hydrogens (primary N) is 1. The number of carbonyl (C=O) groups is 1. The molecule has 0 radical (unpaired) electrons. The molecular weight excluding hydrogens is 268 g/mol. The van der Waals surface area contributed by atoms with Crippen molar-refractivity contribution in [3.63, 3.8) is 0 Å². The Morgan fingerprint density at radius 1 is 1.32 bits per heavy atom.